The molecule has 1 heterocycles. The second-order valence-electron chi connectivity index (χ2n) is 5.91. The maximum absolute atomic E-state index is 12.4. The number of piperazine rings is 1. The van der Waals surface area contributed by atoms with Crippen LogP contribution in [0.4, 0.5) is 0 Å². The number of carbonyl (C=O) groups excluding carboxylic acids is 1. The van der Waals surface area contributed by atoms with Crippen molar-refractivity contribution in [3.8, 4) is 0 Å². The molecule has 0 aliphatic carbocycles. The largest absolute Gasteiger partial charge is 0.354 e. The summed E-state index contributed by atoms with van der Waals surface area (Å²) in [6.45, 7) is 9.78. The van der Waals surface area contributed by atoms with E-state index in [-0.39, 0.29) is 5.91 Å². The molecule has 0 radical (unpaired) electrons. The highest BCUT2D eigenvalue weighted by Crippen LogP contribution is 2.33. The molecule has 1 amide bonds. The first-order chi connectivity index (χ1) is 10.5. The van der Waals surface area contributed by atoms with E-state index >= 15 is 0 Å². The molecule has 1 saturated heterocycles. The van der Waals surface area contributed by atoms with Crippen molar-refractivity contribution in [3.05, 3.63) is 28.7 Å². The van der Waals surface area contributed by atoms with E-state index in [0.29, 0.717) is 6.54 Å². The standard InChI is InChI=1S/C16H24BrN3OS/c1-16(2,22-14-5-3-13(17)4-6-14)15(21)19-9-12-20-10-7-18-8-11-20/h3-6,18H,7-12H2,1-2H3,(H,19,21). The minimum Gasteiger partial charge on any atom is -0.354 e. The summed E-state index contributed by atoms with van der Waals surface area (Å²) in [5, 5.41) is 6.40. The van der Waals surface area contributed by atoms with E-state index in [1.54, 1.807) is 11.8 Å². The average Bonchev–Trinajstić information content (AvgIpc) is 2.50. The normalized spacial score (nSPS) is 16.5. The van der Waals surface area contributed by atoms with Gasteiger partial charge in [0.25, 0.3) is 0 Å². The minimum absolute atomic E-state index is 0.0931. The van der Waals surface area contributed by atoms with E-state index in [0.717, 1.165) is 42.1 Å². The van der Waals surface area contributed by atoms with Gasteiger partial charge in [-0.05, 0) is 38.1 Å². The number of hydrogen-bond donors (Lipinski definition) is 2. The Hall–Kier alpha value is -0.560. The van der Waals surface area contributed by atoms with Crippen LogP contribution in [0.25, 0.3) is 0 Å². The predicted octanol–water partition coefficient (Wildman–Crippen LogP) is 2.34. The third kappa shape index (κ3) is 5.57. The zero-order chi connectivity index (χ0) is 16.0. The molecular weight excluding hydrogens is 362 g/mol. The average molecular weight is 386 g/mol. The first kappa shape index (κ1) is 17.8. The van der Waals surface area contributed by atoms with Gasteiger partial charge in [0.15, 0.2) is 0 Å². The topological polar surface area (TPSA) is 44.4 Å². The zero-order valence-electron chi connectivity index (χ0n) is 13.2. The van der Waals surface area contributed by atoms with Crippen LogP contribution in [0.15, 0.2) is 33.6 Å². The first-order valence-corrected chi connectivity index (χ1v) is 9.24. The molecule has 2 rings (SSSR count). The number of nitrogens with zero attached hydrogens (tertiary/aromatic N) is 1. The van der Waals surface area contributed by atoms with Crippen LogP contribution < -0.4 is 10.6 Å². The third-order valence-corrected chi connectivity index (χ3v) is 5.39. The Morgan fingerprint density at radius 1 is 1.32 bits per heavy atom. The molecule has 1 fully saturated rings. The Kier molecular flexibility index (Phi) is 6.74. The highest BCUT2D eigenvalue weighted by Gasteiger charge is 2.28. The van der Waals surface area contributed by atoms with Gasteiger partial charge in [0.1, 0.15) is 0 Å². The number of nitrogens with one attached hydrogen (secondary N) is 2. The Morgan fingerprint density at radius 3 is 2.59 bits per heavy atom. The number of benzene rings is 1. The van der Waals surface area contributed by atoms with Gasteiger partial charge in [-0.1, -0.05) is 15.9 Å². The van der Waals surface area contributed by atoms with Gasteiger partial charge in [-0.3, -0.25) is 9.69 Å². The summed E-state index contributed by atoms with van der Waals surface area (Å²) < 4.78 is 0.576. The van der Waals surface area contributed by atoms with Gasteiger partial charge in [-0.15, -0.1) is 11.8 Å². The van der Waals surface area contributed by atoms with Crippen molar-refractivity contribution < 1.29 is 4.79 Å². The van der Waals surface area contributed by atoms with E-state index in [2.05, 4.69) is 31.5 Å². The van der Waals surface area contributed by atoms with Gasteiger partial charge in [0.05, 0.1) is 4.75 Å². The SMILES string of the molecule is CC(C)(Sc1ccc(Br)cc1)C(=O)NCCN1CCNCC1. The van der Waals surface area contributed by atoms with Crippen LogP contribution in [0, 0.1) is 0 Å². The van der Waals surface area contributed by atoms with Gasteiger partial charge < -0.3 is 10.6 Å². The van der Waals surface area contributed by atoms with Gasteiger partial charge in [0, 0.05) is 48.6 Å². The fraction of sp³-hybridized carbons (Fsp3) is 0.562. The monoisotopic (exact) mass is 385 g/mol. The Balaban J connectivity index is 1.78. The molecule has 4 nitrogen and oxygen atoms in total. The van der Waals surface area contributed by atoms with E-state index in [4.69, 9.17) is 0 Å². The van der Waals surface area contributed by atoms with Crippen molar-refractivity contribution in [1.29, 1.82) is 0 Å². The second kappa shape index (κ2) is 8.34. The van der Waals surface area contributed by atoms with Crippen LogP contribution in [0.3, 0.4) is 0 Å². The molecule has 1 aliphatic rings. The van der Waals surface area contributed by atoms with E-state index < -0.39 is 4.75 Å². The van der Waals surface area contributed by atoms with E-state index in [9.17, 15) is 4.79 Å². The van der Waals surface area contributed by atoms with Crippen LogP contribution >= 0.6 is 27.7 Å². The van der Waals surface area contributed by atoms with Crippen LogP contribution in [0.1, 0.15) is 13.8 Å². The van der Waals surface area contributed by atoms with Gasteiger partial charge in [-0.25, -0.2) is 0 Å². The number of carbonyl (C=O) groups is 1. The smallest absolute Gasteiger partial charge is 0.236 e. The van der Waals surface area contributed by atoms with Crippen molar-refractivity contribution in [1.82, 2.24) is 15.5 Å². The molecule has 22 heavy (non-hydrogen) atoms. The molecule has 1 aromatic rings. The van der Waals surface area contributed by atoms with E-state index in [1.807, 2.05) is 38.1 Å². The maximum atomic E-state index is 12.4. The molecule has 0 spiro atoms. The maximum Gasteiger partial charge on any atom is 0.236 e. The summed E-state index contributed by atoms with van der Waals surface area (Å²) in [7, 11) is 0. The molecule has 1 aromatic carbocycles. The first-order valence-electron chi connectivity index (χ1n) is 7.63. The fourth-order valence-corrected chi connectivity index (χ4v) is 3.61. The Morgan fingerprint density at radius 2 is 1.95 bits per heavy atom. The zero-order valence-corrected chi connectivity index (χ0v) is 15.6. The lowest BCUT2D eigenvalue weighted by atomic mass is 10.2. The fourth-order valence-electron chi connectivity index (χ4n) is 2.32. The molecule has 0 aromatic heterocycles. The predicted molar refractivity (Wildman–Crippen MR) is 96.4 cm³/mol. The molecule has 6 heteroatoms. The molecule has 0 bridgehead atoms. The van der Waals surface area contributed by atoms with Crippen LogP contribution in [-0.4, -0.2) is 54.8 Å². The number of hydrogen-bond acceptors (Lipinski definition) is 4. The van der Waals surface area contributed by atoms with Crippen molar-refractivity contribution in [3.63, 3.8) is 0 Å². The number of amides is 1. The highest BCUT2D eigenvalue weighted by atomic mass is 79.9. The van der Waals surface area contributed by atoms with Crippen LogP contribution in [0.2, 0.25) is 0 Å². The lowest BCUT2D eigenvalue weighted by Crippen LogP contribution is -2.48. The Bertz CT molecular complexity index is 487. The van der Waals surface area contributed by atoms with Crippen molar-refractivity contribution >= 4 is 33.6 Å². The van der Waals surface area contributed by atoms with E-state index in [1.165, 1.54) is 0 Å². The number of rotatable bonds is 6. The molecule has 2 N–H and O–H groups in total. The molecule has 1 aliphatic heterocycles. The van der Waals surface area contributed by atoms with Crippen LogP contribution in [-0.2, 0) is 4.79 Å². The number of thioether (sulfide) groups is 1. The number of halogens is 1. The molecule has 0 atom stereocenters. The van der Waals surface area contributed by atoms with Crippen molar-refractivity contribution in [2.24, 2.45) is 0 Å². The van der Waals surface area contributed by atoms with Crippen LogP contribution in [0.5, 0.6) is 0 Å². The lowest BCUT2D eigenvalue weighted by Gasteiger charge is -2.28. The summed E-state index contributed by atoms with van der Waals surface area (Å²) in [5.41, 5.74) is 0. The van der Waals surface area contributed by atoms with Crippen molar-refractivity contribution in [2.75, 3.05) is 39.3 Å². The quantitative estimate of drug-likeness (QED) is 0.737. The van der Waals surface area contributed by atoms with Gasteiger partial charge in [-0.2, -0.15) is 0 Å². The summed E-state index contributed by atoms with van der Waals surface area (Å²) in [5.74, 6) is 0.0931. The third-order valence-electron chi connectivity index (χ3n) is 3.66. The Labute approximate surface area is 145 Å². The van der Waals surface area contributed by atoms with Crippen molar-refractivity contribution in [2.45, 2.75) is 23.5 Å². The lowest BCUT2D eigenvalue weighted by molar-refractivity contribution is -0.122. The van der Waals surface area contributed by atoms with Gasteiger partial charge in [0.2, 0.25) is 5.91 Å². The van der Waals surface area contributed by atoms with Gasteiger partial charge >= 0.3 is 0 Å². The summed E-state index contributed by atoms with van der Waals surface area (Å²) in [4.78, 5) is 15.9. The molecular formula is C16H24BrN3OS. The summed E-state index contributed by atoms with van der Waals surface area (Å²) in [6, 6.07) is 8.07. The second-order valence-corrected chi connectivity index (χ2v) is 8.53. The summed E-state index contributed by atoms with van der Waals surface area (Å²) >= 11 is 5.02. The molecule has 122 valence electrons. The minimum atomic E-state index is -0.475. The summed E-state index contributed by atoms with van der Waals surface area (Å²) in [6.07, 6.45) is 0. The highest BCUT2D eigenvalue weighted by molar-refractivity contribution is 9.10. The molecule has 0 unspecified atom stereocenters. The molecule has 0 saturated carbocycles.